The van der Waals surface area contributed by atoms with E-state index in [0.717, 1.165) is 0 Å². The van der Waals surface area contributed by atoms with Gasteiger partial charge in [0.25, 0.3) is 0 Å². The van der Waals surface area contributed by atoms with Crippen LogP contribution < -0.4 is 11.1 Å². The number of aliphatic hydroxyl groups excluding tert-OH is 1. The Balaban J connectivity index is 2.55. The van der Waals surface area contributed by atoms with Gasteiger partial charge in [0.05, 0.1) is 5.41 Å². The molecular weight excluding hydrogens is 220 g/mol. The van der Waals surface area contributed by atoms with Gasteiger partial charge in [-0.15, -0.1) is 0 Å². The molecule has 1 heterocycles. The number of amides is 1. The third kappa shape index (κ3) is 3.66. The zero-order chi connectivity index (χ0) is 12.9. The second kappa shape index (κ2) is 5.80. The lowest BCUT2D eigenvalue weighted by atomic mass is 9.79. The van der Waals surface area contributed by atoms with E-state index in [-0.39, 0.29) is 17.9 Å². The number of nitrogens with one attached hydrogen (secondary N) is 1. The molecule has 0 aromatic rings. The summed E-state index contributed by atoms with van der Waals surface area (Å²) in [5, 5.41) is 12.0. The van der Waals surface area contributed by atoms with Crippen LogP contribution in [-0.2, 0) is 9.53 Å². The minimum atomic E-state index is -0.482. The number of rotatable bonds is 5. The predicted octanol–water partition coefficient (Wildman–Crippen LogP) is -0.123. The number of hydrogen-bond donors (Lipinski definition) is 3. The minimum Gasteiger partial charge on any atom is -0.396 e. The van der Waals surface area contributed by atoms with E-state index in [1.54, 1.807) is 0 Å². The summed E-state index contributed by atoms with van der Waals surface area (Å²) in [5.74, 6) is -0.00942. The van der Waals surface area contributed by atoms with Crippen LogP contribution in [0.5, 0.6) is 0 Å². The van der Waals surface area contributed by atoms with E-state index >= 15 is 0 Å². The molecule has 1 aliphatic heterocycles. The van der Waals surface area contributed by atoms with Gasteiger partial charge in [0, 0.05) is 38.3 Å². The molecular formula is C12H24N2O3. The first kappa shape index (κ1) is 14.4. The first-order chi connectivity index (χ1) is 7.96. The van der Waals surface area contributed by atoms with E-state index < -0.39 is 5.41 Å². The highest BCUT2D eigenvalue weighted by Gasteiger charge is 2.39. The van der Waals surface area contributed by atoms with Crippen molar-refractivity contribution in [2.24, 2.45) is 16.6 Å². The van der Waals surface area contributed by atoms with Gasteiger partial charge in [-0.3, -0.25) is 4.79 Å². The van der Waals surface area contributed by atoms with Gasteiger partial charge in [-0.25, -0.2) is 0 Å². The molecule has 0 atom stereocenters. The van der Waals surface area contributed by atoms with Crippen molar-refractivity contribution >= 4 is 5.91 Å². The van der Waals surface area contributed by atoms with Gasteiger partial charge in [0.2, 0.25) is 5.91 Å². The SMILES string of the molecule is CC(C)(CO)CNC(=O)C1(CN)CCOCC1. The van der Waals surface area contributed by atoms with Crippen molar-refractivity contribution in [1.82, 2.24) is 5.32 Å². The van der Waals surface area contributed by atoms with Gasteiger partial charge in [0.1, 0.15) is 0 Å². The molecule has 1 fully saturated rings. The molecule has 1 aliphatic rings. The molecule has 0 aliphatic carbocycles. The lowest BCUT2D eigenvalue weighted by Gasteiger charge is -2.35. The van der Waals surface area contributed by atoms with Crippen molar-refractivity contribution in [2.45, 2.75) is 26.7 Å². The van der Waals surface area contributed by atoms with Crippen molar-refractivity contribution in [2.75, 3.05) is 32.9 Å². The molecule has 0 aromatic heterocycles. The Morgan fingerprint density at radius 3 is 2.53 bits per heavy atom. The summed E-state index contributed by atoms with van der Waals surface area (Å²) in [4.78, 5) is 12.2. The fourth-order valence-electron chi connectivity index (χ4n) is 1.85. The quantitative estimate of drug-likeness (QED) is 0.629. The summed E-state index contributed by atoms with van der Waals surface area (Å²) >= 11 is 0. The Labute approximate surface area is 103 Å². The Morgan fingerprint density at radius 1 is 1.47 bits per heavy atom. The molecule has 0 aromatic carbocycles. The summed E-state index contributed by atoms with van der Waals surface area (Å²) in [6.07, 6.45) is 1.35. The van der Waals surface area contributed by atoms with Crippen LogP contribution in [0.3, 0.4) is 0 Å². The third-order valence-corrected chi connectivity index (χ3v) is 3.48. The van der Waals surface area contributed by atoms with Crippen molar-refractivity contribution in [3.05, 3.63) is 0 Å². The fraction of sp³-hybridized carbons (Fsp3) is 0.917. The number of ether oxygens (including phenoxy) is 1. The van der Waals surface area contributed by atoms with Gasteiger partial charge in [0.15, 0.2) is 0 Å². The zero-order valence-corrected chi connectivity index (χ0v) is 10.8. The molecule has 17 heavy (non-hydrogen) atoms. The van der Waals surface area contributed by atoms with Crippen LogP contribution in [0, 0.1) is 10.8 Å². The van der Waals surface area contributed by atoms with E-state index in [2.05, 4.69) is 5.32 Å². The monoisotopic (exact) mass is 244 g/mol. The Kier molecular flexibility index (Phi) is 4.91. The van der Waals surface area contributed by atoms with E-state index in [9.17, 15) is 4.79 Å². The molecule has 5 heteroatoms. The zero-order valence-electron chi connectivity index (χ0n) is 10.8. The van der Waals surface area contributed by atoms with Crippen molar-refractivity contribution in [1.29, 1.82) is 0 Å². The molecule has 5 nitrogen and oxygen atoms in total. The molecule has 1 amide bonds. The maximum absolute atomic E-state index is 12.2. The number of hydrogen-bond acceptors (Lipinski definition) is 4. The molecule has 100 valence electrons. The molecule has 4 N–H and O–H groups in total. The Hall–Kier alpha value is -0.650. The molecule has 1 rings (SSSR count). The summed E-state index contributed by atoms with van der Waals surface area (Å²) in [5.41, 5.74) is 4.97. The summed E-state index contributed by atoms with van der Waals surface area (Å²) in [7, 11) is 0. The van der Waals surface area contributed by atoms with Crippen LogP contribution in [0.25, 0.3) is 0 Å². The van der Waals surface area contributed by atoms with Crippen LogP contribution >= 0.6 is 0 Å². The molecule has 0 unspecified atom stereocenters. The molecule has 1 saturated heterocycles. The predicted molar refractivity (Wildman–Crippen MR) is 65.4 cm³/mol. The number of aliphatic hydroxyl groups is 1. The lowest BCUT2D eigenvalue weighted by Crippen LogP contribution is -2.51. The first-order valence-electron chi connectivity index (χ1n) is 6.13. The molecule has 0 spiro atoms. The molecule has 0 bridgehead atoms. The van der Waals surface area contributed by atoms with Gasteiger partial charge in [-0.2, -0.15) is 0 Å². The fourth-order valence-corrected chi connectivity index (χ4v) is 1.85. The normalized spacial score (nSPS) is 20.0. The standard InChI is InChI=1S/C12H24N2O3/c1-11(2,9-15)8-14-10(16)12(7-13)3-5-17-6-4-12/h15H,3-9,13H2,1-2H3,(H,14,16). The topological polar surface area (TPSA) is 84.6 Å². The highest BCUT2D eigenvalue weighted by Crippen LogP contribution is 2.29. The number of carbonyl (C=O) groups excluding carboxylic acids is 1. The highest BCUT2D eigenvalue weighted by molar-refractivity contribution is 5.83. The van der Waals surface area contributed by atoms with Crippen molar-refractivity contribution in [3.8, 4) is 0 Å². The maximum atomic E-state index is 12.2. The third-order valence-electron chi connectivity index (χ3n) is 3.48. The average Bonchev–Trinajstić information content (AvgIpc) is 2.37. The highest BCUT2D eigenvalue weighted by atomic mass is 16.5. The van der Waals surface area contributed by atoms with E-state index in [1.165, 1.54) is 0 Å². The van der Waals surface area contributed by atoms with Gasteiger partial charge in [-0.05, 0) is 12.8 Å². The molecule has 0 radical (unpaired) electrons. The van der Waals surface area contributed by atoms with Crippen LogP contribution in [0.15, 0.2) is 0 Å². The van der Waals surface area contributed by atoms with Crippen LogP contribution in [0.4, 0.5) is 0 Å². The largest absolute Gasteiger partial charge is 0.396 e. The van der Waals surface area contributed by atoms with E-state index in [4.69, 9.17) is 15.6 Å². The lowest BCUT2D eigenvalue weighted by molar-refractivity contribution is -0.136. The summed E-state index contributed by atoms with van der Waals surface area (Å²) in [6, 6.07) is 0. The smallest absolute Gasteiger partial charge is 0.227 e. The maximum Gasteiger partial charge on any atom is 0.227 e. The van der Waals surface area contributed by atoms with E-state index in [1.807, 2.05) is 13.8 Å². The summed E-state index contributed by atoms with van der Waals surface area (Å²) < 4.78 is 5.27. The Bertz CT molecular complexity index is 260. The van der Waals surface area contributed by atoms with Crippen molar-refractivity contribution < 1.29 is 14.6 Å². The molecule has 0 saturated carbocycles. The summed E-state index contributed by atoms with van der Waals surface area (Å²) in [6.45, 7) is 5.86. The Morgan fingerprint density at radius 2 is 2.06 bits per heavy atom. The minimum absolute atomic E-state index is 0.00942. The second-order valence-corrected chi connectivity index (χ2v) is 5.60. The van der Waals surface area contributed by atoms with Crippen LogP contribution in [-0.4, -0.2) is 43.9 Å². The second-order valence-electron chi connectivity index (χ2n) is 5.60. The van der Waals surface area contributed by atoms with Gasteiger partial charge < -0.3 is 20.9 Å². The first-order valence-corrected chi connectivity index (χ1v) is 6.13. The van der Waals surface area contributed by atoms with Gasteiger partial charge >= 0.3 is 0 Å². The van der Waals surface area contributed by atoms with E-state index in [0.29, 0.717) is 39.1 Å². The average molecular weight is 244 g/mol. The van der Waals surface area contributed by atoms with Crippen LogP contribution in [0.2, 0.25) is 0 Å². The number of carbonyl (C=O) groups is 1. The number of nitrogens with two attached hydrogens (primary N) is 1. The van der Waals surface area contributed by atoms with Gasteiger partial charge in [-0.1, -0.05) is 13.8 Å². The van der Waals surface area contributed by atoms with Crippen molar-refractivity contribution in [3.63, 3.8) is 0 Å². The van der Waals surface area contributed by atoms with Crippen LogP contribution in [0.1, 0.15) is 26.7 Å².